The number of ether oxygens (including phenoxy) is 1. The van der Waals surface area contributed by atoms with Gasteiger partial charge in [-0.2, -0.15) is 5.26 Å². The van der Waals surface area contributed by atoms with E-state index in [1.54, 1.807) is 40.6 Å². The third-order valence-corrected chi connectivity index (χ3v) is 17.3. The van der Waals surface area contributed by atoms with Crippen LogP contribution in [0.25, 0.3) is 10.4 Å². The van der Waals surface area contributed by atoms with E-state index >= 15 is 0 Å². The van der Waals surface area contributed by atoms with Crippen LogP contribution in [0.15, 0.2) is 66.3 Å². The fourth-order valence-electron chi connectivity index (χ4n) is 12.0. The number of nitrogens with one attached hydrogen (secondary N) is 3. The maximum Gasteiger partial charge on any atom is 0.253 e. The van der Waals surface area contributed by atoms with Gasteiger partial charge in [0, 0.05) is 68.4 Å². The molecular weight excluding hydrogens is 976 g/mol. The summed E-state index contributed by atoms with van der Waals surface area (Å²) >= 11 is 7.86. The number of carbonyl (C=O) groups excluding carboxylic acids is 3. The summed E-state index contributed by atoms with van der Waals surface area (Å²) in [5.74, 6) is 1.32. The number of β-amino-alcohol motifs (C(OH)–C–C–N with tert-alkyl or cyclic N) is 1. The van der Waals surface area contributed by atoms with Crippen LogP contribution in [0, 0.1) is 40.4 Å². The van der Waals surface area contributed by atoms with Crippen molar-refractivity contribution in [2.24, 2.45) is 22.2 Å². The number of piperazine rings is 1. The fraction of sp³-hybridized carbons (Fsp3) is 0.571. The molecule has 4 aliphatic rings. The van der Waals surface area contributed by atoms with Gasteiger partial charge < -0.3 is 35.8 Å². The van der Waals surface area contributed by atoms with Crippen molar-refractivity contribution in [3.8, 4) is 22.3 Å². The zero-order valence-corrected chi connectivity index (χ0v) is 46.0. The van der Waals surface area contributed by atoms with E-state index in [1.807, 2.05) is 76.5 Å². The van der Waals surface area contributed by atoms with E-state index in [1.165, 1.54) is 0 Å². The highest BCUT2D eigenvalue weighted by atomic mass is 35.5. The van der Waals surface area contributed by atoms with Gasteiger partial charge in [0.15, 0.2) is 0 Å². The van der Waals surface area contributed by atoms with Crippen LogP contribution >= 0.6 is 22.9 Å². The monoisotopic (exact) mass is 1050 g/mol. The third-order valence-electron chi connectivity index (χ3n) is 16.0. The molecule has 2 aromatic heterocycles. The number of halogens is 1. The molecule has 18 heteroatoms. The quantitative estimate of drug-likeness (QED) is 0.0801. The van der Waals surface area contributed by atoms with Crippen LogP contribution in [-0.4, -0.2) is 148 Å². The molecule has 16 nitrogen and oxygen atoms in total. The highest BCUT2D eigenvalue weighted by Gasteiger charge is 2.64. The Morgan fingerprint density at radius 3 is 2.23 bits per heavy atom. The summed E-state index contributed by atoms with van der Waals surface area (Å²) in [6, 6.07) is 17.1. The maximum absolute atomic E-state index is 13.8. The zero-order chi connectivity index (χ0) is 53.3. The number of piperidine rings is 1. The molecule has 0 radical (unpaired) electrons. The van der Waals surface area contributed by atoms with E-state index < -0.39 is 29.8 Å². The minimum atomic E-state index is -1.20. The van der Waals surface area contributed by atoms with E-state index in [4.69, 9.17) is 21.3 Å². The van der Waals surface area contributed by atoms with Crippen molar-refractivity contribution >= 4 is 46.5 Å². The molecule has 398 valence electrons. The second-order valence-corrected chi connectivity index (χ2v) is 24.5. The number of nitrogens with zero attached hydrogens (tertiary/aromatic N) is 7. The summed E-state index contributed by atoms with van der Waals surface area (Å²) in [4.78, 5) is 59.9. The van der Waals surface area contributed by atoms with Crippen molar-refractivity contribution in [2.75, 3.05) is 63.8 Å². The van der Waals surface area contributed by atoms with E-state index in [0.717, 1.165) is 86.2 Å². The molecule has 1 unspecified atom stereocenters. The molecule has 1 aliphatic carbocycles. The Hall–Kier alpha value is -5.19. The smallest absolute Gasteiger partial charge is 0.253 e. The van der Waals surface area contributed by atoms with Gasteiger partial charge in [0.2, 0.25) is 11.8 Å². The lowest BCUT2D eigenvalue weighted by molar-refractivity contribution is -0.164. The first-order valence-corrected chi connectivity index (χ1v) is 27.3. The highest BCUT2D eigenvalue weighted by Crippen LogP contribution is 2.55. The maximum atomic E-state index is 13.8. The van der Waals surface area contributed by atoms with Crippen LogP contribution in [0.2, 0.25) is 5.02 Å². The topological polar surface area (TPSA) is 200 Å². The first kappa shape index (κ1) is 55.1. The van der Waals surface area contributed by atoms with Crippen LogP contribution in [0.1, 0.15) is 108 Å². The van der Waals surface area contributed by atoms with Gasteiger partial charge in [-0.05, 0) is 92.9 Å². The minimum Gasteiger partial charge on any atom is -0.489 e. The van der Waals surface area contributed by atoms with Gasteiger partial charge in [-0.15, -0.1) is 11.3 Å². The summed E-state index contributed by atoms with van der Waals surface area (Å²) in [5, 5.41) is 41.8. The Labute approximate surface area is 445 Å². The Balaban J connectivity index is 0.757. The van der Waals surface area contributed by atoms with Crippen molar-refractivity contribution in [1.82, 2.24) is 40.6 Å². The Bertz CT molecular complexity index is 2640. The molecule has 4 fully saturated rings. The molecule has 3 saturated heterocycles. The standard InChI is InChI=1S/C56H75ClN10O6S/c1-34(37-10-12-38(13-11-37)47-35(2)60-33-74-47)61-50(71)44-26-41(68)31-67(44)51(72)48(54(3,4)5)62-46(69)32-64-20-18-36(19-21-64)30-65-22-24-66(25-23-65)45-17-15-40(29-59-45)49(70)63-52-55(6,7)53(56(52,8)9)73-42-16-14-39(28-58)43(57)27-42/h10-17,27,29,33-34,36,41,44,48,51-53,68,72H,18-26,30-32H2,1-9H3,(H,61,71)(H,62,69)(H,63,70)/t34-,41+,44-,48+,51?,52?,53?/m0/s1. The lowest BCUT2D eigenvalue weighted by Gasteiger charge is -2.63. The largest absolute Gasteiger partial charge is 0.489 e. The molecule has 74 heavy (non-hydrogen) atoms. The molecule has 0 spiro atoms. The summed E-state index contributed by atoms with van der Waals surface area (Å²) in [7, 11) is 0. The van der Waals surface area contributed by atoms with Crippen LogP contribution in [0.5, 0.6) is 5.75 Å². The summed E-state index contributed by atoms with van der Waals surface area (Å²) in [6.45, 7) is 24.5. The molecule has 1 saturated carbocycles. The normalized spacial score (nSPS) is 23.7. The average Bonchev–Trinajstić information content (AvgIpc) is 3.99. The predicted molar refractivity (Wildman–Crippen MR) is 289 cm³/mol. The number of rotatable bonds is 16. The number of benzene rings is 2. The second-order valence-electron chi connectivity index (χ2n) is 23.3. The van der Waals surface area contributed by atoms with Crippen LogP contribution < -0.4 is 25.6 Å². The number of aliphatic hydroxyl groups is 2. The number of carbonyl (C=O) groups is 3. The molecule has 0 bridgehead atoms. The van der Waals surface area contributed by atoms with Crippen molar-refractivity contribution in [2.45, 2.75) is 124 Å². The molecule has 3 aliphatic heterocycles. The molecular formula is C56H75ClN10O6S. The number of aryl methyl sites for hydroxylation is 1. The third kappa shape index (κ3) is 12.2. The van der Waals surface area contributed by atoms with Gasteiger partial charge in [0.25, 0.3) is 5.91 Å². The van der Waals surface area contributed by atoms with E-state index in [0.29, 0.717) is 27.8 Å². The second kappa shape index (κ2) is 22.6. The van der Waals surface area contributed by atoms with Crippen molar-refractivity contribution in [3.05, 3.63) is 93.7 Å². The first-order chi connectivity index (χ1) is 35.0. The fourth-order valence-corrected chi connectivity index (χ4v) is 13.0. The number of aliphatic hydroxyl groups excluding tert-OH is 2. The number of amides is 3. The van der Waals surface area contributed by atoms with Gasteiger partial charge in [0.1, 0.15) is 30.0 Å². The summed E-state index contributed by atoms with van der Waals surface area (Å²) in [6.07, 6.45) is 1.61. The highest BCUT2D eigenvalue weighted by molar-refractivity contribution is 7.13. The number of anilines is 1. The molecule has 3 amide bonds. The molecule has 5 N–H and O–H groups in total. The SMILES string of the molecule is Cc1ncsc1-c1ccc([C@H](C)NC(=O)[C@@H]2C[C@@H](O)CN2C(O)[C@@H](NC(=O)CN2CCC(CN3CCN(c4ccc(C(=O)NC5C(C)(C)C(Oc6ccc(C#N)c(Cl)c6)C5(C)C)cn4)CC3)CC2)C(C)(C)C)cc1. The first-order valence-electron chi connectivity index (χ1n) is 26.1. The van der Waals surface area contributed by atoms with Crippen molar-refractivity contribution < 1.29 is 29.3 Å². The lowest BCUT2D eigenvalue weighted by Crippen LogP contribution is -2.74. The Kier molecular flexibility index (Phi) is 16.8. The predicted octanol–water partition coefficient (Wildman–Crippen LogP) is 6.65. The van der Waals surface area contributed by atoms with Crippen LogP contribution in [0.4, 0.5) is 5.82 Å². The number of aromatic nitrogens is 2. The van der Waals surface area contributed by atoms with Gasteiger partial charge in [-0.3, -0.25) is 29.1 Å². The van der Waals surface area contributed by atoms with E-state index in [2.05, 4.69) is 69.4 Å². The molecule has 4 aromatic rings. The molecule has 5 heterocycles. The average molecular weight is 1050 g/mol. The molecule has 2 aromatic carbocycles. The molecule has 5 atom stereocenters. The zero-order valence-electron chi connectivity index (χ0n) is 44.4. The molecule has 8 rings (SSSR count). The van der Waals surface area contributed by atoms with Gasteiger partial charge >= 0.3 is 0 Å². The van der Waals surface area contributed by atoms with Crippen molar-refractivity contribution in [3.63, 3.8) is 0 Å². The minimum absolute atomic E-state index is 0.115. The van der Waals surface area contributed by atoms with Gasteiger partial charge in [-0.1, -0.05) is 84.3 Å². The van der Waals surface area contributed by atoms with Gasteiger partial charge in [-0.25, -0.2) is 9.97 Å². The van der Waals surface area contributed by atoms with E-state index in [9.17, 15) is 29.9 Å². The number of pyridine rings is 1. The number of hydrogen-bond acceptors (Lipinski definition) is 14. The Morgan fingerprint density at radius 2 is 1.64 bits per heavy atom. The Morgan fingerprint density at radius 1 is 0.946 bits per heavy atom. The van der Waals surface area contributed by atoms with Gasteiger partial charge in [0.05, 0.1) is 63.0 Å². The lowest BCUT2D eigenvalue weighted by atomic mass is 9.49. The van der Waals surface area contributed by atoms with Crippen LogP contribution in [-0.2, 0) is 9.59 Å². The summed E-state index contributed by atoms with van der Waals surface area (Å²) in [5.41, 5.74) is 4.40. The van der Waals surface area contributed by atoms with Crippen LogP contribution in [0.3, 0.4) is 0 Å². The van der Waals surface area contributed by atoms with E-state index in [-0.39, 0.29) is 66.2 Å². The number of nitriles is 1. The number of hydrogen-bond donors (Lipinski definition) is 5. The number of thiazole rings is 1. The number of likely N-dealkylation sites (tertiary alicyclic amines) is 2. The van der Waals surface area contributed by atoms with Crippen molar-refractivity contribution in [1.29, 1.82) is 5.26 Å². The summed E-state index contributed by atoms with van der Waals surface area (Å²) < 4.78 is 6.39.